The Morgan fingerprint density at radius 1 is 0.812 bits per heavy atom. The highest BCUT2D eigenvalue weighted by Gasteiger charge is 2.54. The molecule has 0 aromatic carbocycles. The number of piperidine rings is 1. The Balaban J connectivity index is -0.000000583. The van der Waals surface area contributed by atoms with Crippen LogP contribution in [-0.4, -0.2) is 177 Å². The van der Waals surface area contributed by atoms with Gasteiger partial charge in [0, 0.05) is 78.2 Å². The van der Waals surface area contributed by atoms with Gasteiger partial charge in [-0.05, 0) is 95.9 Å². The maximum atomic E-state index is 13.1. The van der Waals surface area contributed by atoms with Crippen molar-refractivity contribution in [3.8, 4) is 0 Å². The first kappa shape index (κ1) is 86.9. The van der Waals surface area contributed by atoms with Gasteiger partial charge < -0.3 is 60.1 Å². The zero-order chi connectivity index (χ0) is 66.4. The second kappa shape index (κ2) is 51.5. The number of nitrogens with two attached hydrogens (primary N) is 1. The first-order valence-corrected chi connectivity index (χ1v) is 32.4. The second-order valence-corrected chi connectivity index (χ2v) is 24.0. The highest BCUT2D eigenvalue weighted by atomic mass is 16.5. The van der Waals surface area contributed by atoms with Crippen LogP contribution in [0, 0.1) is 35.5 Å². The normalized spacial score (nSPS) is 18.8. The van der Waals surface area contributed by atoms with Gasteiger partial charge in [0.2, 0.25) is 30.0 Å². The number of rotatable bonds is 33. The molecular weight excluding hydrogens is 1080 g/mol. The Labute approximate surface area is 518 Å². The third-order valence-corrected chi connectivity index (χ3v) is 15.5. The quantitative estimate of drug-likeness (QED) is 0.0354. The Morgan fingerprint density at radius 2 is 1.41 bits per heavy atom. The Kier molecular flexibility index (Phi) is 52.7. The van der Waals surface area contributed by atoms with Crippen molar-refractivity contribution < 1.29 is 52.9 Å². The van der Waals surface area contributed by atoms with Crippen molar-refractivity contribution in [2.45, 2.75) is 268 Å². The number of likely N-dealkylation sites (tertiary alicyclic amines) is 1. The molecule has 2 aliphatic carbocycles. The van der Waals surface area contributed by atoms with Crippen molar-refractivity contribution in [3.05, 3.63) is 24.3 Å². The Bertz CT molecular complexity index is 1840. The maximum Gasteiger partial charge on any atom is 0.320 e. The van der Waals surface area contributed by atoms with Crippen LogP contribution in [0.4, 0.5) is 0 Å². The third kappa shape index (κ3) is 37.1. The molecule has 3 aliphatic rings. The fraction of sp³-hybridized carbons (Fsp3) is 0.821. The molecule has 1 aliphatic heterocycles. The number of allylic oxidation sites excluding steroid dienone is 4. The van der Waals surface area contributed by atoms with E-state index in [9.17, 15) is 38.4 Å². The summed E-state index contributed by atoms with van der Waals surface area (Å²) in [4.78, 5) is 101. The largest absolute Gasteiger partial charge is 0.480 e. The van der Waals surface area contributed by atoms with Crippen LogP contribution in [0.2, 0.25) is 0 Å². The number of likely N-dealkylation sites (N-methyl/N-ethyl adjacent to an activating group) is 3. The number of carbonyl (C=O) groups is 8. The lowest BCUT2D eigenvalue weighted by Gasteiger charge is -2.37. The van der Waals surface area contributed by atoms with E-state index in [1.165, 1.54) is 37.0 Å². The van der Waals surface area contributed by atoms with E-state index in [1.54, 1.807) is 59.1 Å². The lowest BCUT2D eigenvalue weighted by atomic mass is 9.91. The fourth-order valence-corrected chi connectivity index (χ4v) is 10.0. The van der Waals surface area contributed by atoms with Crippen LogP contribution >= 0.6 is 0 Å². The van der Waals surface area contributed by atoms with Crippen LogP contribution in [-0.2, 0) is 47.8 Å². The molecule has 12 atom stereocenters. The first-order chi connectivity index (χ1) is 40.1. The van der Waals surface area contributed by atoms with Crippen molar-refractivity contribution in [3.63, 3.8) is 0 Å². The van der Waals surface area contributed by atoms with Crippen molar-refractivity contribution in [2.75, 3.05) is 55.5 Å². The second-order valence-electron chi connectivity index (χ2n) is 24.0. The van der Waals surface area contributed by atoms with E-state index < -0.39 is 18.1 Å². The predicted molar refractivity (Wildman–Crippen MR) is 349 cm³/mol. The summed E-state index contributed by atoms with van der Waals surface area (Å²) >= 11 is 0. The summed E-state index contributed by atoms with van der Waals surface area (Å²) in [6.07, 6.45) is 26.0. The molecule has 0 bridgehead atoms. The summed E-state index contributed by atoms with van der Waals surface area (Å²) in [5.74, 6) is -0.894. The number of hydrogen-bond donors (Lipinski definition) is 4. The summed E-state index contributed by atoms with van der Waals surface area (Å²) < 4.78 is 11.0. The molecule has 0 aromatic heterocycles. The van der Waals surface area contributed by atoms with Crippen molar-refractivity contribution >= 4 is 48.6 Å². The molecule has 12 unspecified atom stereocenters. The number of ether oxygens (including phenoxy) is 2. The summed E-state index contributed by atoms with van der Waals surface area (Å²) in [6, 6.07) is -0.713. The van der Waals surface area contributed by atoms with Gasteiger partial charge in [0.05, 0.1) is 30.8 Å². The molecular formula is C67H129N7O11. The van der Waals surface area contributed by atoms with Crippen molar-refractivity contribution in [1.29, 1.82) is 0 Å². The van der Waals surface area contributed by atoms with E-state index in [0.29, 0.717) is 43.7 Å². The third-order valence-electron chi connectivity index (χ3n) is 15.5. The number of methoxy groups -OCH3 is 2. The SMILES string of the molecule is CC.CCC.CCC(C)C(C(CC)OC)N(C)C(=O)CNC(=O)C(C(C)C)N(C)C(=O)CCCCCN(C)C(=O)C(C)CC=O.CCCC.CCCCC(C)(C)N.CNC(CC1C=CC=CC1)C(=O)O.COC(C(C)C=O)C1CC2CC2N1C=O. The average molecular weight is 1210 g/mol. The number of fused-ring (bicyclic) bond motifs is 1. The topological polar surface area (TPSA) is 238 Å². The fourth-order valence-electron chi connectivity index (χ4n) is 10.0. The van der Waals surface area contributed by atoms with Gasteiger partial charge >= 0.3 is 5.97 Å². The molecule has 498 valence electrons. The zero-order valence-electron chi connectivity index (χ0n) is 57.9. The molecule has 18 nitrogen and oxygen atoms in total. The van der Waals surface area contributed by atoms with Gasteiger partial charge in [-0.2, -0.15) is 0 Å². The van der Waals surface area contributed by atoms with Gasteiger partial charge in [-0.25, -0.2) is 0 Å². The molecule has 18 heteroatoms. The monoisotopic (exact) mass is 1210 g/mol. The first-order valence-electron chi connectivity index (χ1n) is 32.4. The van der Waals surface area contributed by atoms with Crippen molar-refractivity contribution in [1.82, 2.24) is 30.2 Å². The van der Waals surface area contributed by atoms with E-state index in [1.807, 2.05) is 58.6 Å². The lowest BCUT2D eigenvalue weighted by Crippen LogP contribution is -2.54. The van der Waals surface area contributed by atoms with Crippen LogP contribution < -0.4 is 16.4 Å². The van der Waals surface area contributed by atoms with Gasteiger partial charge in [0.15, 0.2) is 0 Å². The number of aldehydes is 2. The molecule has 0 aromatic rings. The van der Waals surface area contributed by atoms with E-state index in [-0.39, 0.29) is 90.1 Å². The minimum atomic E-state index is -0.773. The van der Waals surface area contributed by atoms with Gasteiger partial charge in [-0.15, -0.1) is 0 Å². The molecule has 5 amide bonds. The molecule has 0 spiro atoms. The van der Waals surface area contributed by atoms with Gasteiger partial charge in [-0.1, -0.05) is 166 Å². The number of carboxylic acids is 1. The average Bonchev–Trinajstić information content (AvgIpc) is 2.15. The molecule has 2 fully saturated rings. The lowest BCUT2D eigenvalue weighted by molar-refractivity contribution is -0.142. The minimum absolute atomic E-state index is 0.0516. The number of amides is 5. The van der Waals surface area contributed by atoms with Gasteiger partial charge in [0.1, 0.15) is 24.7 Å². The number of unbranched alkanes of at least 4 members (excludes halogenated alkanes) is 4. The van der Waals surface area contributed by atoms with E-state index >= 15 is 0 Å². The summed E-state index contributed by atoms with van der Waals surface area (Å²) in [5.41, 5.74) is 5.77. The van der Waals surface area contributed by atoms with E-state index in [0.717, 1.165) is 70.3 Å². The summed E-state index contributed by atoms with van der Waals surface area (Å²) in [5, 5.41) is 14.4. The molecule has 5 N–H and O–H groups in total. The molecule has 3 rings (SSSR count). The molecule has 85 heavy (non-hydrogen) atoms. The highest BCUT2D eigenvalue weighted by Crippen LogP contribution is 2.48. The van der Waals surface area contributed by atoms with Crippen LogP contribution in [0.1, 0.15) is 220 Å². The number of carbonyl (C=O) groups excluding carboxylic acids is 7. The molecule has 1 saturated heterocycles. The van der Waals surface area contributed by atoms with Gasteiger partial charge in [-0.3, -0.25) is 28.8 Å². The zero-order valence-corrected chi connectivity index (χ0v) is 57.9. The van der Waals surface area contributed by atoms with E-state index in [4.69, 9.17) is 20.3 Å². The van der Waals surface area contributed by atoms with Gasteiger partial charge in [0.25, 0.3) is 0 Å². The number of nitrogens with one attached hydrogen (secondary N) is 2. The number of hydrogen-bond acceptors (Lipinski definition) is 12. The van der Waals surface area contributed by atoms with Crippen LogP contribution in [0.3, 0.4) is 0 Å². The highest BCUT2D eigenvalue weighted by molar-refractivity contribution is 5.90. The summed E-state index contributed by atoms with van der Waals surface area (Å²) in [6.45, 7) is 32.9. The molecule has 0 radical (unpaired) electrons. The maximum absolute atomic E-state index is 13.1. The smallest absolute Gasteiger partial charge is 0.320 e. The Morgan fingerprint density at radius 3 is 1.82 bits per heavy atom. The Hall–Kier alpha value is -4.52. The van der Waals surface area contributed by atoms with Crippen LogP contribution in [0.25, 0.3) is 0 Å². The van der Waals surface area contributed by atoms with Crippen molar-refractivity contribution in [2.24, 2.45) is 41.2 Å². The van der Waals surface area contributed by atoms with E-state index in [2.05, 4.69) is 85.1 Å². The predicted octanol–water partition coefficient (Wildman–Crippen LogP) is 10.9. The van der Waals surface area contributed by atoms with Crippen LogP contribution in [0.5, 0.6) is 0 Å². The number of nitrogens with zero attached hydrogens (tertiary/aromatic N) is 4. The molecule has 1 heterocycles. The summed E-state index contributed by atoms with van der Waals surface area (Å²) in [7, 11) is 10.0. The molecule has 1 saturated carbocycles. The number of carboxylic acid groups (broad SMARTS) is 1. The van der Waals surface area contributed by atoms with Crippen LogP contribution in [0.15, 0.2) is 24.3 Å². The standard InChI is InChI=1S/C30H56N4O6.C11H17NO3.C10H15NO2.C7H17N.C4H10.C3H8.C2H6/c1-11-22(5)28(24(12-2)40-10)34(9)26(37)20-31-29(38)27(21(3)4)33(8)25(36)16-14-13-15-18-32(7)30(39)23(6)17-19-35;1-7(5-13)11(15-2)10-4-8-3-9(8)12(10)6-14;1-11-9(10(12)13)7-8-5-3-2-4-6-8;1-4-5-6-7(2,3)8;1-3-4-2;1-3-2;1-2/h19,21-24,27-28H,11-18,20H2,1-10H3,(H,31,38);5-11H,3-4H2,1-2H3;2-5,8-9,11H,6-7H2,1H3,(H,12,13);4-6,8H2,1-3H3;3-4H2,1-2H3;3H2,1-2H3;1-2H3. The minimum Gasteiger partial charge on any atom is -0.480 e. The number of aliphatic carboxylic acids is 1.